The fourth-order valence-electron chi connectivity index (χ4n) is 5.53. The number of carbonyl (C=O) groups excluding carboxylic acids is 2. The van der Waals surface area contributed by atoms with Crippen LogP contribution in [0.5, 0.6) is 0 Å². The van der Waals surface area contributed by atoms with Crippen molar-refractivity contribution in [3.05, 3.63) is 48.6 Å². The Balaban J connectivity index is 2.41. The number of unbranched alkanes of at least 4 members (excludes halogenated alkanes) is 12. The molecule has 10 heteroatoms. The Kier molecular flexibility index (Phi) is 29.6. The molecule has 0 aromatic heterocycles. The van der Waals surface area contributed by atoms with E-state index >= 15 is 0 Å². The van der Waals surface area contributed by atoms with E-state index in [0.717, 1.165) is 89.9 Å². The lowest BCUT2D eigenvalue weighted by molar-refractivity contribution is -0.305. The molecule has 0 aliphatic carbocycles. The van der Waals surface area contributed by atoms with Crippen LogP contribution in [0.2, 0.25) is 0 Å². The van der Waals surface area contributed by atoms with Crippen molar-refractivity contribution in [2.45, 2.75) is 179 Å². The molecule has 0 aromatic rings. The quantitative estimate of drug-likeness (QED) is 0.0325. The van der Waals surface area contributed by atoms with Crippen LogP contribution in [0.25, 0.3) is 0 Å². The van der Waals surface area contributed by atoms with Crippen LogP contribution >= 0.6 is 0 Å². The summed E-state index contributed by atoms with van der Waals surface area (Å²) < 4.78 is 22.0. The van der Waals surface area contributed by atoms with E-state index in [1.54, 1.807) is 0 Å². The second-order valence-electron chi connectivity index (χ2n) is 13.3. The van der Waals surface area contributed by atoms with Crippen LogP contribution in [0.1, 0.15) is 142 Å². The van der Waals surface area contributed by atoms with Gasteiger partial charge in [0.1, 0.15) is 31.0 Å². The summed E-state index contributed by atoms with van der Waals surface area (Å²) in [5.41, 5.74) is 0. The summed E-state index contributed by atoms with van der Waals surface area (Å²) in [6.45, 7) is 3.22. The molecule has 0 amide bonds. The molecule has 0 aromatic carbocycles. The molecule has 1 saturated heterocycles. The van der Waals surface area contributed by atoms with Crippen LogP contribution in [0.15, 0.2) is 48.6 Å². The Morgan fingerprint density at radius 3 is 1.76 bits per heavy atom. The summed E-state index contributed by atoms with van der Waals surface area (Å²) >= 11 is 0. The lowest BCUT2D eigenvalue weighted by Crippen LogP contribution is -2.59. The fourth-order valence-corrected chi connectivity index (χ4v) is 5.53. The number of aliphatic hydroxyl groups excluding tert-OH is 4. The van der Waals surface area contributed by atoms with Gasteiger partial charge >= 0.3 is 11.9 Å². The number of hydrogen-bond acceptors (Lipinski definition) is 10. The summed E-state index contributed by atoms with van der Waals surface area (Å²) in [6, 6.07) is 0. The van der Waals surface area contributed by atoms with Gasteiger partial charge in [-0.15, -0.1) is 0 Å². The van der Waals surface area contributed by atoms with Crippen molar-refractivity contribution in [1.29, 1.82) is 0 Å². The Morgan fingerprint density at radius 1 is 0.627 bits per heavy atom. The minimum Gasteiger partial charge on any atom is -0.462 e. The summed E-state index contributed by atoms with van der Waals surface area (Å²) in [6.07, 6.45) is 28.4. The average Bonchev–Trinajstić information content (AvgIpc) is 3.13. The molecule has 0 radical (unpaired) electrons. The molecule has 2 unspecified atom stereocenters. The predicted molar refractivity (Wildman–Crippen MR) is 201 cm³/mol. The molecular formula is C41H70O10. The van der Waals surface area contributed by atoms with Gasteiger partial charge in [0.25, 0.3) is 0 Å². The van der Waals surface area contributed by atoms with Gasteiger partial charge in [0.2, 0.25) is 0 Å². The number of carbonyl (C=O) groups is 2. The van der Waals surface area contributed by atoms with E-state index in [-0.39, 0.29) is 26.1 Å². The molecule has 6 atom stereocenters. The molecule has 1 heterocycles. The minimum absolute atomic E-state index is 0.207. The number of ether oxygens (including phenoxy) is 4. The lowest BCUT2D eigenvalue weighted by Gasteiger charge is -2.39. The van der Waals surface area contributed by atoms with Gasteiger partial charge in [0.15, 0.2) is 12.4 Å². The second-order valence-corrected chi connectivity index (χ2v) is 13.3. The van der Waals surface area contributed by atoms with E-state index in [2.05, 4.69) is 62.5 Å². The standard InChI is InChI=1S/C41H70O10/c1-3-5-7-9-11-13-15-16-17-18-20-22-24-26-28-30-37(44)50-34(33-49-41-40(47)39(46)38(45)35(31-42)51-41)32-48-36(43)29-27-25-23-21-19-14-12-10-8-6-4-2/h5,7,10-13,16-17,34-35,38-42,45-47H,3-4,6,8-9,14-15,18-33H2,1-2H3/b7-5+,12-10+,13-11+,17-16+/t34-,35-,38+,39?,40?,41-/m1/s1. The van der Waals surface area contributed by atoms with Gasteiger partial charge in [-0.25, -0.2) is 0 Å². The van der Waals surface area contributed by atoms with Crippen LogP contribution in [0.4, 0.5) is 0 Å². The average molecular weight is 723 g/mol. The zero-order valence-electron chi connectivity index (χ0n) is 31.6. The molecule has 0 saturated carbocycles. The third kappa shape index (κ3) is 24.5. The molecule has 0 spiro atoms. The SMILES string of the molecule is CC/C=C/C/C=C/C/C=C/CCCCCCCC(=O)O[C@H](COC(=O)CCCCCCC/C=C/CCCC)CO[C@@H]1O[C@H](CO)[C@H](O)C(O)C1O. The van der Waals surface area contributed by atoms with E-state index in [1.165, 1.54) is 12.8 Å². The third-order valence-corrected chi connectivity index (χ3v) is 8.70. The van der Waals surface area contributed by atoms with Gasteiger partial charge < -0.3 is 39.4 Å². The van der Waals surface area contributed by atoms with Crippen molar-refractivity contribution in [2.75, 3.05) is 19.8 Å². The van der Waals surface area contributed by atoms with E-state index in [4.69, 9.17) is 18.9 Å². The van der Waals surface area contributed by atoms with Gasteiger partial charge in [-0.3, -0.25) is 9.59 Å². The van der Waals surface area contributed by atoms with Crippen LogP contribution in [-0.4, -0.2) is 89.0 Å². The van der Waals surface area contributed by atoms with E-state index in [0.29, 0.717) is 12.8 Å². The maximum Gasteiger partial charge on any atom is 0.306 e. The number of aliphatic hydroxyl groups is 4. The fraction of sp³-hybridized carbons (Fsp3) is 0.756. The van der Waals surface area contributed by atoms with Crippen molar-refractivity contribution in [3.63, 3.8) is 0 Å². The van der Waals surface area contributed by atoms with Crippen molar-refractivity contribution in [3.8, 4) is 0 Å². The molecule has 51 heavy (non-hydrogen) atoms. The number of esters is 2. The van der Waals surface area contributed by atoms with Crippen LogP contribution < -0.4 is 0 Å². The smallest absolute Gasteiger partial charge is 0.306 e. The Hall–Kier alpha value is -2.34. The first-order chi connectivity index (χ1) is 24.8. The van der Waals surface area contributed by atoms with Gasteiger partial charge in [-0.1, -0.05) is 114 Å². The highest BCUT2D eigenvalue weighted by molar-refractivity contribution is 5.70. The number of allylic oxidation sites excluding steroid dienone is 8. The van der Waals surface area contributed by atoms with E-state index < -0.39 is 55.4 Å². The third-order valence-electron chi connectivity index (χ3n) is 8.70. The Morgan fingerprint density at radius 2 is 1.16 bits per heavy atom. The summed E-state index contributed by atoms with van der Waals surface area (Å²) in [7, 11) is 0. The second kappa shape index (κ2) is 32.3. The maximum atomic E-state index is 12.7. The van der Waals surface area contributed by atoms with Crippen molar-refractivity contribution >= 4 is 11.9 Å². The first-order valence-corrected chi connectivity index (χ1v) is 19.7. The largest absolute Gasteiger partial charge is 0.462 e. The number of rotatable bonds is 31. The maximum absolute atomic E-state index is 12.7. The predicted octanol–water partition coefficient (Wildman–Crippen LogP) is 7.32. The summed E-state index contributed by atoms with van der Waals surface area (Å²) in [5.74, 6) is -0.844. The molecule has 294 valence electrons. The highest BCUT2D eigenvalue weighted by Gasteiger charge is 2.44. The lowest BCUT2D eigenvalue weighted by atomic mass is 9.99. The first kappa shape index (κ1) is 46.7. The molecule has 1 aliphatic rings. The highest BCUT2D eigenvalue weighted by atomic mass is 16.7. The first-order valence-electron chi connectivity index (χ1n) is 19.7. The Labute approximate surface area is 308 Å². The van der Waals surface area contributed by atoms with Crippen molar-refractivity contribution < 1.29 is 49.0 Å². The molecule has 10 nitrogen and oxygen atoms in total. The zero-order valence-corrected chi connectivity index (χ0v) is 31.6. The van der Waals surface area contributed by atoms with Gasteiger partial charge in [0.05, 0.1) is 13.2 Å². The highest BCUT2D eigenvalue weighted by Crippen LogP contribution is 2.22. The molecule has 1 aliphatic heterocycles. The summed E-state index contributed by atoms with van der Waals surface area (Å²) in [5, 5.41) is 39.9. The molecule has 4 N–H and O–H groups in total. The van der Waals surface area contributed by atoms with Crippen LogP contribution in [-0.2, 0) is 28.5 Å². The van der Waals surface area contributed by atoms with Crippen molar-refractivity contribution in [2.24, 2.45) is 0 Å². The summed E-state index contributed by atoms with van der Waals surface area (Å²) in [4.78, 5) is 25.2. The molecule has 1 fully saturated rings. The Bertz CT molecular complexity index is 975. The van der Waals surface area contributed by atoms with E-state index in [9.17, 15) is 30.0 Å². The molecular weight excluding hydrogens is 652 g/mol. The minimum atomic E-state index is -1.60. The van der Waals surface area contributed by atoms with Gasteiger partial charge in [0, 0.05) is 12.8 Å². The van der Waals surface area contributed by atoms with Crippen LogP contribution in [0, 0.1) is 0 Å². The van der Waals surface area contributed by atoms with Crippen LogP contribution in [0.3, 0.4) is 0 Å². The molecule has 0 bridgehead atoms. The van der Waals surface area contributed by atoms with Gasteiger partial charge in [-0.2, -0.15) is 0 Å². The topological polar surface area (TPSA) is 152 Å². The monoisotopic (exact) mass is 722 g/mol. The van der Waals surface area contributed by atoms with E-state index in [1.807, 2.05) is 0 Å². The van der Waals surface area contributed by atoms with Gasteiger partial charge in [-0.05, 0) is 64.2 Å². The normalized spacial score (nSPS) is 21.7. The number of hydrogen-bond donors (Lipinski definition) is 4. The zero-order chi connectivity index (χ0) is 37.4. The van der Waals surface area contributed by atoms with Crippen molar-refractivity contribution in [1.82, 2.24) is 0 Å². The molecule has 1 rings (SSSR count).